The van der Waals surface area contributed by atoms with Gasteiger partial charge in [0.25, 0.3) is 0 Å². The van der Waals surface area contributed by atoms with Crippen LogP contribution < -0.4 is 4.74 Å². The van der Waals surface area contributed by atoms with E-state index < -0.39 is 0 Å². The summed E-state index contributed by atoms with van der Waals surface area (Å²) in [7, 11) is 6.07. The molecule has 4 nitrogen and oxygen atoms in total. The molecular formula is C19H26N2O2. The monoisotopic (exact) mass is 314 g/mol. The molecule has 0 spiro atoms. The Balaban J connectivity index is 1.60. The van der Waals surface area contributed by atoms with Gasteiger partial charge >= 0.3 is 0 Å². The highest BCUT2D eigenvalue weighted by Gasteiger charge is 2.22. The van der Waals surface area contributed by atoms with Crippen molar-refractivity contribution in [1.29, 1.82) is 0 Å². The van der Waals surface area contributed by atoms with E-state index in [0.29, 0.717) is 6.04 Å². The molecule has 0 bridgehead atoms. The molecular weight excluding hydrogens is 288 g/mol. The van der Waals surface area contributed by atoms with E-state index in [9.17, 15) is 0 Å². The van der Waals surface area contributed by atoms with Crippen LogP contribution in [0.25, 0.3) is 11.3 Å². The van der Waals surface area contributed by atoms with Crippen molar-refractivity contribution in [3.05, 3.63) is 42.2 Å². The zero-order valence-corrected chi connectivity index (χ0v) is 14.3. The Bertz CT molecular complexity index is 621. The molecule has 0 N–H and O–H groups in total. The van der Waals surface area contributed by atoms with Crippen LogP contribution in [0.5, 0.6) is 5.75 Å². The Hall–Kier alpha value is -1.78. The summed E-state index contributed by atoms with van der Waals surface area (Å²) in [6.45, 7) is 3.16. The van der Waals surface area contributed by atoms with Gasteiger partial charge in [-0.3, -0.25) is 4.90 Å². The third-order valence-electron chi connectivity index (χ3n) is 4.66. The molecule has 3 rings (SSSR count). The van der Waals surface area contributed by atoms with E-state index in [1.165, 1.54) is 19.4 Å². The smallest absolute Gasteiger partial charge is 0.134 e. The highest BCUT2D eigenvalue weighted by atomic mass is 16.5. The van der Waals surface area contributed by atoms with Gasteiger partial charge in [-0.15, -0.1) is 0 Å². The molecule has 1 aromatic heterocycles. The molecule has 0 amide bonds. The summed E-state index contributed by atoms with van der Waals surface area (Å²) >= 11 is 0. The Morgan fingerprint density at radius 1 is 1.22 bits per heavy atom. The van der Waals surface area contributed by atoms with Crippen LogP contribution in [0.4, 0.5) is 0 Å². The van der Waals surface area contributed by atoms with Crippen LogP contribution in [0.15, 0.2) is 40.8 Å². The second kappa shape index (κ2) is 7.20. The first-order valence-electron chi connectivity index (χ1n) is 8.27. The number of likely N-dealkylation sites (tertiary alicyclic amines) is 1. The van der Waals surface area contributed by atoms with Gasteiger partial charge in [0, 0.05) is 18.2 Å². The van der Waals surface area contributed by atoms with Crippen LogP contribution in [-0.2, 0) is 6.54 Å². The number of methoxy groups -OCH3 is 1. The molecule has 1 aromatic carbocycles. The third kappa shape index (κ3) is 3.95. The first-order chi connectivity index (χ1) is 11.2. The van der Waals surface area contributed by atoms with Gasteiger partial charge < -0.3 is 14.1 Å². The molecule has 1 saturated heterocycles. The van der Waals surface area contributed by atoms with Crippen molar-refractivity contribution in [2.75, 3.05) is 34.3 Å². The zero-order chi connectivity index (χ0) is 16.2. The van der Waals surface area contributed by atoms with E-state index in [0.717, 1.165) is 35.9 Å². The second-order valence-corrected chi connectivity index (χ2v) is 6.47. The normalized spacial score (nSPS) is 18.7. The van der Waals surface area contributed by atoms with E-state index in [-0.39, 0.29) is 0 Å². The molecule has 2 heterocycles. The Kier molecular flexibility index (Phi) is 5.03. The van der Waals surface area contributed by atoms with Gasteiger partial charge in [0.1, 0.15) is 17.3 Å². The minimum absolute atomic E-state index is 0.677. The molecule has 0 unspecified atom stereocenters. The van der Waals surface area contributed by atoms with Gasteiger partial charge in [0.2, 0.25) is 0 Å². The van der Waals surface area contributed by atoms with Crippen LogP contribution in [0.2, 0.25) is 0 Å². The summed E-state index contributed by atoms with van der Waals surface area (Å²) in [5.41, 5.74) is 1.08. The van der Waals surface area contributed by atoms with Gasteiger partial charge in [-0.05, 0) is 69.9 Å². The van der Waals surface area contributed by atoms with Crippen LogP contribution in [0.1, 0.15) is 18.6 Å². The Morgan fingerprint density at radius 2 is 2.00 bits per heavy atom. The van der Waals surface area contributed by atoms with Crippen molar-refractivity contribution < 1.29 is 9.15 Å². The molecule has 0 aliphatic carbocycles. The number of rotatable bonds is 6. The first-order valence-corrected chi connectivity index (χ1v) is 8.27. The molecule has 124 valence electrons. The van der Waals surface area contributed by atoms with Crippen molar-refractivity contribution >= 4 is 0 Å². The number of furan rings is 1. The van der Waals surface area contributed by atoms with E-state index in [4.69, 9.17) is 9.15 Å². The second-order valence-electron chi connectivity index (χ2n) is 6.47. The summed E-state index contributed by atoms with van der Waals surface area (Å²) in [6.07, 6.45) is 2.62. The molecule has 1 fully saturated rings. The Morgan fingerprint density at radius 3 is 2.65 bits per heavy atom. The van der Waals surface area contributed by atoms with Gasteiger partial charge in [-0.25, -0.2) is 0 Å². The molecule has 1 aliphatic heterocycles. The van der Waals surface area contributed by atoms with Crippen LogP contribution in [0, 0.1) is 0 Å². The lowest BCUT2D eigenvalue weighted by Crippen LogP contribution is -2.36. The highest BCUT2D eigenvalue weighted by molar-refractivity contribution is 5.58. The minimum atomic E-state index is 0.677. The fourth-order valence-electron chi connectivity index (χ4n) is 3.27. The molecule has 4 heteroatoms. The standard InChI is InChI=1S/C19H26N2O2/c1-20(13-16-5-4-12-21(16)2)14-18-10-11-19(23-18)15-6-8-17(22-3)9-7-15/h6-11,16H,4-5,12-14H2,1-3H3/t16-/m0/s1. The van der Waals surface area contributed by atoms with Gasteiger partial charge in [0.05, 0.1) is 13.7 Å². The molecule has 0 radical (unpaired) electrons. The van der Waals surface area contributed by atoms with E-state index in [1.807, 2.05) is 30.3 Å². The molecule has 2 aromatic rings. The van der Waals surface area contributed by atoms with Gasteiger partial charge in [-0.1, -0.05) is 0 Å². The zero-order valence-electron chi connectivity index (χ0n) is 14.3. The maximum Gasteiger partial charge on any atom is 0.134 e. The predicted octanol–water partition coefficient (Wildman–Crippen LogP) is 3.48. The fourth-order valence-corrected chi connectivity index (χ4v) is 3.27. The third-order valence-corrected chi connectivity index (χ3v) is 4.66. The molecule has 1 aliphatic rings. The van der Waals surface area contributed by atoms with Crippen molar-refractivity contribution in [1.82, 2.24) is 9.80 Å². The van der Waals surface area contributed by atoms with Crippen molar-refractivity contribution in [2.45, 2.75) is 25.4 Å². The van der Waals surface area contributed by atoms with Gasteiger partial charge in [-0.2, -0.15) is 0 Å². The van der Waals surface area contributed by atoms with E-state index in [2.05, 4.69) is 30.0 Å². The number of ether oxygens (including phenoxy) is 1. The first kappa shape index (κ1) is 16.1. The average molecular weight is 314 g/mol. The predicted molar refractivity (Wildman–Crippen MR) is 92.7 cm³/mol. The van der Waals surface area contributed by atoms with Crippen molar-refractivity contribution in [3.63, 3.8) is 0 Å². The number of nitrogens with zero attached hydrogens (tertiary/aromatic N) is 2. The number of hydrogen-bond donors (Lipinski definition) is 0. The summed E-state index contributed by atoms with van der Waals surface area (Å²) in [4.78, 5) is 4.81. The lowest BCUT2D eigenvalue weighted by molar-refractivity contribution is 0.206. The van der Waals surface area contributed by atoms with Crippen molar-refractivity contribution in [3.8, 4) is 17.1 Å². The minimum Gasteiger partial charge on any atom is -0.497 e. The SMILES string of the molecule is COc1ccc(-c2ccc(CN(C)C[C@@H]3CCCN3C)o2)cc1. The molecule has 23 heavy (non-hydrogen) atoms. The van der Waals surface area contributed by atoms with Crippen molar-refractivity contribution in [2.24, 2.45) is 0 Å². The van der Waals surface area contributed by atoms with Crippen LogP contribution >= 0.6 is 0 Å². The summed E-state index contributed by atoms with van der Waals surface area (Å²) in [5.74, 6) is 2.79. The number of benzene rings is 1. The lowest BCUT2D eigenvalue weighted by Gasteiger charge is -2.25. The largest absolute Gasteiger partial charge is 0.497 e. The van der Waals surface area contributed by atoms with Crippen LogP contribution in [0.3, 0.4) is 0 Å². The highest BCUT2D eigenvalue weighted by Crippen LogP contribution is 2.25. The number of hydrogen-bond acceptors (Lipinski definition) is 4. The summed E-state index contributed by atoms with van der Waals surface area (Å²) in [5, 5.41) is 0. The molecule has 0 saturated carbocycles. The fraction of sp³-hybridized carbons (Fsp3) is 0.474. The quantitative estimate of drug-likeness (QED) is 0.816. The van der Waals surface area contributed by atoms with Gasteiger partial charge in [0.15, 0.2) is 0 Å². The number of likely N-dealkylation sites (N-methyl/N-ethyl adjacent to an activating group) is 2. The summed E-state index contributed by atoms with van der Waals surface area (Å²) < 4.78 is 11.2. The molecule has 1 atom stereocenters. The Labute approximate surface area is 138 Å². The lowest BCUT2D eigenvalue weighted by atomic mass is 10.2. The maximum atomic E-state index is 6.01. The maximum absolute atomic E-state index is 6.01. The average Bonchev–Trinajstić information content (AvgIpc) is 3.17. The van der Waals surface area contributed by atoms with E-state index >= 15 is 0 Å². The summed E-state index contributed by atoms with van der Waals surface area (Å²) in [6, 6.07) is 12.8. The topological polar surface area (TPSA) is 28.9 Å². The van der Waals surface area contributed by atoms with E-state index in [1.54, 1.807) is 7.11 Å². The van der Waals surface area contributed by atoms with Crippen LogP contribution in [-0.4, -0.2) is 50.1 Å².